The number of ether oxygens (including phenoxy) is 3. The summed E-state index contributed by atoms with van der Waals surface area (Å²) < 4.78 is 53.7. The zero-order valence-electron chi connectivity index (χ0n) is 14.9. The van der Waals surface area contributed by atoms with E-state index in [9.17, 15) is 28.1 Å². The Morgan fingerprint density at radius 2 is 1.61 bits per heavy atom. The predicted molar refractivity (Wildman–Crippen MR) is 92.1 cm³/mol. The second-order valence-electron chi connectivity index (χ2n) is 5.35. The van der Waals surface area contributed by atoms with Crippen molar-refractivity contribution in [3.8, 4) is 17.2 Å². The van der Waals surface area contributed by atoms with Crippen LogP contribution in [0.4, 0.5) is 24.5 Å². The number of anilines is 1. The monoisotopic (exact) mass is 400 g/mol. The number of methoxy groups -OCH3 is 3. The average molecular weight is 400 g/mol. The zero-order chi connectivity index (χ0) is 21.1. The largest absolute Gasteiger partial charge is 0.493 e. The Labute approximate surface area is 157 Å². The molecule has 0 atom stereocenters. The highest BCUT2D eigenvalue weighted by Gasteiger charge is 2.33. The van der Waals surface area contributed by atoms with Crippen molar-refractivity contribution in [3.05, 3.63) is 51.6 Å². The summed E-state index contributed by atoms with van der Waals surface area (Å²) in [6.07, 6.45) is -4.76. The van der Waals surface area contributed by atoms with Crippen LogP contribution in [0.3, 0.4) is 0 Å². The van der Waals surface area contributed by atoms with Crippen molar-refractivity contribution in [1.29, 1.82) is 0 Å². The van der Waals surface area contributed by atoms with Gasteiger partial charge in [-0.15, -0.1) is 0 Å². The standard InChI is InChI=1S/C17H15F3N2O6/c1-26-13-6-9(7-14(27-2)15(13)28-3)16(23)21-11-5-4-10(17(18,19)20)8-12(11)22(24)25/h4-8H,1-3H3,(H,21,23). The van der Waals surface area contributed by atoms with Crippen molar-refractivity contribution >= 4 is 17.3 Å². The highest BCUT2D eigenvalue weighted by molar-refractivity contribution is 6.06. The number of nitro groups is 1. The molecule has 0 unspecified atom stereocenters. The Kier molecular flexibility index (Phi) is 5.96. The van der Waals surface area contributed by atoms with E-state index in [0.29, 0.717) is 12.1 Å². The minimum atomic E-state index is -4.76. The predicted octanol–water partition coefficient (Wildman–Crippen LogP) is 3.89. The molecule has 0 fully saturated rings. The average Bonchev–Trinajstić information content (AvgIpc) is 2.65. The van der Waals surface area contributed by atoms with Crippen LogP contribution in [0.1, 0.15) is 15.9 Å². The summed E-state index contributed by atoms with van der Waals surface area (Å²) in [5.74, 6) is -0.271. The van der Waals surface area contributed by atoms with Gasteiger partial charge in [-0.1, -0.05) is 0 Å². The Bertz CT molecular complexity index is 889. The number of carbonyl (C=O) groups excluding carboxylic acids is 1. The highest BCUT2D eigenvalue weighted by atomic mass is 19.4. The van der Waals surface area contributed by atoms with Gasteiger partial charge in [-0.3, -0.25) is 14.9 Å². The molecule has 0 aromatic heterocycles. The van der Waals surface area contributed by atoms with E-state index in [4.69, 9.17) is 14.2 Å². The lowest BCUT2D eigenvalue weighted by Crippen LogP contribution is -2.14. The Hall–Kier alpha value is -3.50. The number of halogens is 3. The van der Waals surface area contributed by atoms with E-state index in [-0.39, 0.29) is 22.8 Å². The van der Waals surface area contributed by atoms with Gasteiger partial charge in [0, 0.05) is 11.6 Å². The van der Waals surface area contributed by atoms with Crippen molar-refractivity contribution in [2.45, 2.75) is 6.18 Å². The van der Waals surface area contributed by atoms with Crippen molar-refractivity contribution in [2.24, 2.45) is 0 Å². The van der Waals surface area contributed by atoms with Crippen molar-refractivity contribution in [3.63, 3.8) is 0 Å². The van der Waals surface area contributed by atoms with E-state index in [0.717, 1.165) is 6.07 Å². The Morgan fingerprint density at radius 3 is 2.04 bits per heavy atom. The highest BCUT2D eigenvalue weighted by Crippen LogP contribution is 2.39. The van der Waals surface area contributed by atoms with Crippen LogP contribution >= 0.6 is 0 Å². The quantitative estimate of drug-likeness (QED) is 0.583. The van der Waals surface area contributed by atoms with Gasteiger partial charge in [0.2, 0.25) is 5.75 Å². The van der Waals surface area contributed by atoms with Gasteiger partial charge in [0.1, 0.15) is 5.69 Å². The third-order valence-corrected chi connectivity index (χ3v) is 3.70. The minimum Gasteiger partial charge on any atom is -0.493 e. The van der Waals surface area contributed by atoms with Gasteiger partial charge in [0.25, 0.3) is 11.6 Å². The molecule has 0 saturated heterocycles. The molecular weight excluding hydrogens is 385 g/mol. The molecule has 2 aromatic rings. The number of benzene rings is 2. The van der Waals surface area contributed by atoms with Crippen molar-refractivity contribution in [1.82, 2.24) is 0 Å². The van der Waals surface area contributed by atoms with Gasteiger partial charge in [0.15, 0.2) is 11.5 Å². The van der Waals surface area contributed by atoms with Crippen LogP contribution in [0.2, 0.25) is 0 Å². The third-order valence-electron chi connectivity index (χ3n) is 3.70. The number of amides is 1. The number of nitrogens with zero attached hydrogens (tertiary/aromatic N) is 1. The molecule has 150 valence electrons. The molecule has 1 amide bonds. The molecule has 0 aliphatic rings. The molecule has 11 heteroatoms. The van der Waals surface area contributed by atoms with Crippen LogP contribution in [0, 0.1) is 10.1 Å². The number of rotatable bonds is 6. The zero-order valence-corrected chi connectivity index (χ0v) is 14.9. The second kappa shape index (κ2) is 8.03. The summed E-state index contributed by atoms with van der Waals surface area (Å²) in [4.78, 5) is 22.6. The molecule has 2 rings (SSSR count). The minimum absolute atomic E-state index is 0.0105. The van der Waals surface area contributed by atoms with Gasteiger partial charge >= 0.3 is 6.18 Å². The van der Waals surface area contributed by atoms with Crippen LogP contribution < -0.4 is 19.5 Å². The van der Waals surface area contributed by atoms with Crippen LogP contribution in [0.5, 0.6) is 17.2 Å². The SMILES string of the molecule is COc1cc(C(=O)Nc2ccc(C(F)(F)F)cc2[N+](=O)[O-])cc(OC)c1OC. The van der Waals surface area contributed by atoms with E-state index in [2.05, 4.69) is 5.32 Å². The number of carbonyl (C=O) groups is 1. The fraction of sp³-hybridized carbons (Fsp3) is 0.235. The normalized spacial score (nSPS) is 10.9. The number of nitro benzene ring substituents is 1. The summed E-state index contributed by atoms with van der Waals surface area (Å²) in [5.41, 5.74) is -2.50. The number of nitrogens with one attached hydrogen (secondary N) is 1. The maximum Gasteiger partial charge on any atom is 0.416 e. The van der Waals surface area contributed by atoms with Crippen LogP contribution in [0.25, 0.3) is 0 Å². The summed E-state index contributed by atoms with van der Waals surface area (Å²) in [5, 5.41) is 13.4. The lowest BCUT2D eigenvalue weighted by molar-refractivity contribution is -0.384. The maximum absolute atomic E-state index is 12.8. The van der Waals surface area contributed by atoms with Gasteiger partial charge in [-0.2, -0.15) is 13.2 Å². The molecule has 0 bridgehead atoms. The first kappa shape index (κ1) is 20.8. The summed E-state index contributed by atoms with van der Waals surface area (Å²) in [6.45, 7) is 0. The van der Waals surface area contributed by atoms with Crippen molar-refractivity contribution in [2.75, 3.05) is 26.6 Å². The van der Waals surface area contributed by atoms with Gasteiger partial charge in [-0.05, 0) is 24.3 Å². The molecule has 0 aliphatic heterocycles. The molecule has 0 spiro atoms. The first-order chi connectivity index (χ1) is 13.1. The molecule has 2 aromatic carbocycles. The lowest BCUT2D eigenvalue weighted by atomic mass is 10.1. The number of hydrogen-bond donors (Lipinski definition) is 1. The number of hydrogen-bond acceptors (Lipinski definition) is 6. The van der Waals surface area contributed by atoms with E-state index >= 15 is 0 Å². The van der Waals surface area contributed by atoms with E-state index in [1.807, 2.05) is 0 Å². The first-order valence-corrected chi connectivity index (χ1v) is 7.59. The maximum atomic E-state index is 12.8. The smallest absolute Gasteiger partial charge is 0.416 e. The summed E-state index contributed by atoms with van der Waals surface area (Å²) >= 11 is 0. The van der Waals surface area contributed by atoms with Crippen molar-refractivity contribution < 1.29 is 37.1 Å². The van der Waals surface area contributed by atoms with E-state index in [1.54, 1.807) is 0 Å². The van der Waals surface area contributed by atoms with Crippen LogP contribution in [-0.4, -0.2) is 32.2 Å². The molecule has 0 heterocycles. The lowest BCUT2D eigenvalue weighted by Gasteiger charge is -2.14. The fourth-order valence-corrected chi connectivity index (χ4v) is 2.37. The number of alkyl halides is 3. The van der Waals surface area contributed by atoms with Gasteiger partial charge < -0.3 is 19.5 Å². The molecular formula is C17H15F3N2O6. The molecule has 0 saturated carbocycles. The summed E-state index contributed by atoms with van der Waals surface area (Å²) in [7, 11) is 4.03. The van der Waals surface area contributed by atoms with Gasteiger partial charge in [-0.25, -0.2) is 0 Å². The summed E-state index contributed by atoms with van der Waals surface area (Å²) in [6, 6.07) is 4.40. The fourth-order valence-electron chi connectivity index (χ4n) is 2.37. The van der Waals surface area contributed by atoms with Crippen LogP contribution in [-0.2, 0) is 6.18 Å². The topological polar surface area (TPSA) is 99.9 Å². The first-order valence-electron chi connectivity index (χ1n) is 7.59. The molecule has 0 radical (unpaired) electrons. The molecule has 1 N–H and O–H groups in total. The third kappa shape index (κ3) is 4.24. The Morgan fingerprint density at radius 1 is 1.04 bits per heavy atom. The molecule has 28 heavy (non-hydrogen) atoms. The molecule has 8 nitrogen and oxygen atoms in total. The second-order valence-corrected chi connectivity index (χ2v) is 5.35. The van der Waals surface area contributed by atoms with Gasteiger partial charge in [0.05, 0.1) is 31.8 Å². The van der Waals surface area contributed by atoms with E-state index in [1.165, 1.54) is 33.5 Å². The van der Waals surface area contributed by atoms with Crippen LogP contribution in [0.15, 0.2) is 30.3 Å². The molecule has 0 aliphatic carbocycles. The Balaban J connectivity index is 2.44. The van der Waals surface area contributed by atoms with E-state index < -0.39 is 33.9 Å².